The fourth-order valence-corrected chi connectivity index (χ4v) is 2.79. The summed E-state index contributed by atoms with van der Waals surface area (Å²) in [4.78, 5) is 22.5. The summed E-state index contributed by atoms with van der Waals surface area (Å²) >= 11 is 1.44. The largest absolute Gasteiger partial charge is 0.380 e. The number of nitrogens with zero attached hydrogens (tertiary/aromatic N) is 1. The van der Waals surface area contributed by atoms with Crippen LogP contribution < -0.4 is 11.1 Å². The predicted octanol–water partition coefficient (Wildman–Crippen LogP) is 2.98. The molecule has 0 fully saturated rings. The summed E-state index contributed by atoms with van der Waals surface area (Å²) in [6.45, 7) is 4.06. The maximum absolute atomic E-state index is 11.0. The Kier molecular flexibility index (Phi) is 4.23. The zero-order valence-corrected chi connectivity index (χ0v) is 12.5. The summed E-state index contributed by atoms with van der Waals surface area (Å²) < 4.78 is 0. The molecule has 0 spiro atoms. The fourth-order valence-electron chi connectivity index (χ4n) is 1.97. The highest BCUT2D eigenvalue weighted by Crippen LogP contribution is 2.26. The molecule has 110 valence electrons. The average molecular weight is 305 g/mol. The lowest BCUT2D eigenvalue weighted by Gasteiger charge is -2.10. The van der Waals surface area contributed by atoms with Crippen molar-refractivity contribution in [2.24, 2.45) is 5.73 Å². The van der Waals surface area contributed by atoms with E-state index in [0.29, 0.717) is 17.7 Å². The second-order valence-electron chi connectivity index (χ2n) is 4.73. The van der Waals surface area contributed by atoms with Crippen LogP contribution in [0.3, 0.4) is 0 Å². The van der Waals surface area contributed by atoms with Gasteiger partial charge in [0.05, 0.1) is 10.5 Å². The lowest BCUT2D eigenvalue weighted by molar-refractivity contribution is -0.385. The second-order valence-corrected chi connectivity index (χ2v) is 5.73. The minimum atomic E-state index is -0.445. The van der Waals surface area contributed by atoms with Crippen molar-refractivity contribution in [1.82, 2.24) is 0 Å². The molecule has 0 unspecified atom stereocenters. The van der Waals surface area contributed by atoms with Gasteiger partial charge in [-0.25, -0.2) is 0 Å². The van der Waals surface area contributed by atoms with Crippen molar-refractivity contribution in [3.8, 4) is 0 Å². The predicted molar refractivity (Wildman–Crippen MR) is 82.7 cm³/mol. The summed E-state index contributed by atoms with van der Waals surface area (Å²) in [5.74, 6) is -0.445. The van der Waals surface area contributed by atoms with E-state index in [1.165, 1.54) is 11.3 Å². The standard InChI is InChI=1S/C14H15N3O3S/c1-8-4-13(17(19)20)9(2)3-12(8)16-6-11-5-10(7-21-11)14(15)18/h3-5,7,16H,6H2,1-2H3,(H2,15,18). The number of carbonyl (C=O) groups excluding carboxylic acids is 1. The van der Waals surface area contributed by atoms with Crippen LogP contribution in [-0.2, 0) is 6.54 Å². The van der Waals surface area contributed by atoms with Crippen LogP contribution in [0.1, 0.15) is 26.4 Å². The van der Waals surface area contributed by atoms with Gasteiger partial charge in [-0.1, -0.05) is 0 Å². The number of thiophene rings is 1. The molecular formula is C14H15N3O3S. The molecule has 0 aliphatic heterocycles. The van der Waals surface area contributed by atoms with Gasteiger partial charge >= 0.3 is 0 Å². The Balaban J connectivity index is 2.14. The zero-order valence-electron chi connectivity index (χ0n) is 11.7. The highest BCUT2D eigenvalue weighted by atomic mass is 32.1. The molecule has 1 heterocycles. The Bertz CT molecular complexity index is 709. The topological polar surface area (TPSA) is 98.3 Å². The van der Waals surface area contributed by atoms with Gasteiger partial charge in [0.15, 0.2) is 0 Å². The summed E-state index contributed by atoms with van der Waals surface area (Å²) in [6, 6.07) is 5.06. The number of hydrogen-bond acceptors (Lipinski definition) is 5. The molecule has 0 aliphatic carbocycles. The van der Waals surface area contributed by atoms with Gasteiger partial charge in [0.1, 0.15) is 0 Å². The smallest absolute Gasteiger partial charge is 0.272 e. The van der Waals surface area contributed by atoms with Crippen molar-refractivity contribution < 1.29 is 9.72 Å². The van der Waals surface area contributed by atoms with Crippen molar-refractivity contribution >= 4 is 28.6 Å². The number of hydrogen-bond donors (Lipinski definition) is 2. The van der Waals surface area contributed by atoms with Gasteiger partial charge in [-0.2, -0.15) is 0 Å². The number of benzene rings is 1. The molecule has 1 aromatic carbocycles. The van der Waals surface area contributed by atoms with Crippen LogP contribution >= 0.6 is 11.3 Å². The molecule has 1 amide bonds. The number of carbonyl (C=O) groups is 1. The third-order valence-electron chi connectivity index (χ3n) is 3.13. The first-order valence-corrected chi connectivity index (χ1v) is 7.13. The van der Waals surface area contributed by atoms with Crippen LogP contribution in [0, 0.1) is 24.0 Å². The van der Waals surface area contributed by atoms with E-state index in [-0.39, 0.29) is 10.6 Å². The van der Waals surface area contributed by atoms with Gasteiger partial charge in [0.25, 0.3) is 5.69 Å². The van der Waals surface area contributed by atoms with Crippen LogP contribution in [0.2, 0.25) is 0 Å². The molecule has 2 aromatic rings. The van der Waals surface area contributed by atoms with Gasteiger partial charge in [-0.3, -0.25) is 14.9 Å². The minimum absolute atomic E-state index is 0.116. The normalized spacial score (nSPS) is 10.4. The molecule has 0 aliphatic rings. The number of primary amides is 1. The molecule has 3 N–H and O–H groups in total. The minimum Gasteiger partial charge on any atom is -0.380 e. The van der Waals surface area contributed by atoms with Gasteiger partial charge in [0, 0.05) is 34.1 Å². The number of aryl methyl sites for hydroxylation is 2. The maximum Gasteiger partial charge on any atom is 0.272 e. The number of amides is 1. The van der Waals surface area contributed by atoms with Crippen LogP contribution in [0.5, 0.6) is 0 Å². The summed E-state index contributed by atoms with van der Waals surface area (Å²) in [5.41, 5.74) is 8.07. The zero-order chi connectivity index (χ0) is 15.6. The Morgan fingerprint density at radius 1 is 1.33 bits per heavy atom. The molecule has 0 saturated heterocycles. The van der Waals surface area contributed by atoms with Crippen LogP contribution in [0.15, 0.2) is 23.6 Å². The van der Waals surface area contributed by atoms with E-state index in [2.05, 4.69) is 5.32 Å². The molecule has 6 nitrogen and oxygen atoms in total. The van der Waals surface area contributed by atoms with E-state index in [4.69, 9.17) is 5.73 Å². The third kappa shape index (κ3) is 3.38. The van der Waals surface area contributed by atoms with Gasteiger partial charge in [-0.05, 0) is 31.5 Å². The van der Waals surface area contributed by atoms with Gasteiger partial charge in [0.2, 0.25) is 5.91 Å². The van der Waals surface area contributed by atoms with Gasteiger partial charge < -0.3 is 11.1 Å². The first-order chi connectivity index (χ1) is 9.88. The van der Waals surface area contributed by atoms with Crippen LogP contribution in [0.4, 0.5) is 11.4 Å². The Labute approximate surface area is 125 Å². The number of nitro groups is 1. The highest BCUT2D eigenvalue weighted by molar-refractivity contribution is 7.10. The molecule has 2 rings (SSSR count). The Morgan fingerprint density at radius 3 is 2.62 bits per heavy atom. The summed E-state index contributed by atoms with van der Waals surface area (Å²) in [7, 11) is 0. The molecule has 21 heavy (non-hydrogen) atoms. The lowest BCUT2D eigenvalue weighted by atomic mass is 10.1. The summed E-state index contributed by atoms with van der Waals surface area (Å²) in [6.07, 6.45) is 0. The lowest BCUT2D eigenvalue weighted by Crippen LogP contribution is -2.09. The number of rotatable bonds is 5. The van der Waals surface area contributed by atoms with Crippen molar-refractivity contribution in [1.29, 1.82) is 0 Å². The molecule has 0 atom stereocenters. The van der Waals surface area contributed by atoms with E-state index in [1.54, 1.807) is 30.5 Å². The van der Waals surface area contributed by atoms with E-state index < -0.39 is 5.91 Å². The number of anilines is 1. The average Bonchev–Trinajstić information content (AvgIpc) is 2.88. The number of nitro benzene ring substituents is 1. The van der Waals surface area contributed by atoms with Crippen molar-refractivity contribution in [3.05, 3.63) is 55.3 Å². The molecule has 0 bridgehead atoms. The third-order valence-corrected chi connectivity index (χ3v) is 4.07. The molecule has 7 heteroatoms. The second kappa shape index (κ2) is 5.92. The van der Waals surface area contributed by atoms with Crippen molar-refractivity contribution in [2.75, 3.05) is 5.32 Å². The SMILES string of the molecule is Cc1cc([N+](=O)[O-])c(C)cc1NCc1cc(C(N)=O)cs1. The molecular weight excluding hydrogens is 290 g/mol. The first kappa shape index (κ1) is 15.0. The van der Waals surface area contributed by atoms with Crippen LogP contribution in [-0.4, -0.2) is 10.8 Å². The van der Waals surface area contributed by atoms with E-state index >= 15 is 0 Å². The van der Waals surface area contributed by atoms with E-state index in [1.807, 2.05) is 6.92 Å². The van der Waals surface area contributed by atoms with E-state index in [9.17, 15) is 14.9 Å². The maximum atomic E-state index is 11.0. The highest BCUT2D eigenvalue weighted by Gasteiger charge is 2.13. The Hall–Kier alpha value is -2.41. The fraction of sp³-hybridized carbons (Fsp3) is 0.214. The summed E-state index contributed by atoms with van der Waals surface area (Å²) in [5, 5.41) is 15.8. The number of nitrogens with two attached hydrogens (primary N) is 1. The van der Waals surface area contributed by atoms with Gasteiger partial charge in [-0.15, -0.1) is 11.3 Å². The van der Waals surface area contributed by atoms with Crippen molar-refractivity contribution in [3.63, 3.8) is 0 Å². The number of nitrogens with one attached hydrogen (secondary N) is 1. The monoisotopic (exact) mass is 305 g/mol. The van der Waals surface area contributed by atoms with E-state index in [0.717, 1.165) is 16.1 Å². The van der Waals surface area contributed by atoms with Crippen molar-refractivity contribution in [2.45, 2.75) is 20.4 Å². The molecule has 0 saturated carbocycles. The molecule has 1 aromatic heterocycles. The quantitative estimate of drug-likeness (QED) is 0.655. The Morgan fingerprint density at radius 2 is 2.05 bits per heavy atom. The first-order valence-electron chi connectivity index (χ1n) is 6.25. The molecule has 0 radical (unpaired) electrons. The van der Waals surface area contributed by atoms with Crippen LogP contribution in [0.25, 0.3) is 0 Å².